The molecule has 1 nitrogen and oxygen atoms in total. The minimum Gasteiger partial charge on any atom is -0.370 e. The second kappa shape index (κ2) is 5.61. The van der Waals surface area contributed by atoms with E-state index in [0.717, 1.165) is 6.61 Å². The molecule has 1 rings (SSSR count). The normalized spacial score (nSPS) is 12.2. The van der Waals surface area contributed by atoms with E-state index < -0.39 is 0 Å². The fourth-order valence-electron chi connectivity index (χ4n) is 1.37. The van der Waals surface area contributed by atoms with Gasteiger partial charge in [0.05, 0.1) is 0 Å². The van der Waals surface area contributed by atoms with Crippen molar-refractivity contribution in [3.8, 4) is 0 Å². The third kappa shape index (κ3) is 3.35. The minimum absolute atomic E-state index is 0.103. The average molecular weight is 190 g/mol. The lowest BCUT2D eigenvalue weighted by molar-refractivity contribution is 0.0962. The number of hydrogen-bond acceptors (Lipinski definition) is 1. The maximum Gasteiger partial charge on any atom is 0.101 e. The van der Waals surface area contributed by atoms with Crippen LogP contribution in [0.2, 0.25) is 0 Å². The predicted octanol–water partition coefficient (Wildman–Crippen LogP) is 3.73. The summed E-state index contributed by atoms with van der Waals surface area (Å²) in [6.07, 6.45) is 2.25. The van der Waals surface area contributed by atoms with Crippen molar-refractivity contribution in [3.05, 3.63) is 47.5 Å². The first-order chi connectivity index (χ1) is 6.74. The van der Waals surface area contributed by atoms with Crippen molar-refractivity contribution in [2.45, 2.75) is 26.9 Å². The van der Waals surface area contributed by atoms with Gasteiger partial charge in [0.2, 0.25) is 0 Å². The molecule has 1 aromatic rings. The summed E-state index contributed by atoms with van der Waals surface area (Å²) in [6, 6.07) is 10.3. The zero-order chi connectivity index (χ0) is 10.4. The second-order valence-electron chi connectivity index (χ2n) is 3.53. The molecular formula is C13H18O. The largest absolute Gasteiger partial charge is 0.370 e. The van der Waals surface area contributed by atoms with Crippen molar-refractivity contribution >= 4 is 0 Å². The fraction of sp³-hybridized carbons (Fsp3) is 0.385. The van der Waals surface area contributed by atoms with E-state index in [0.29, 0.717) is 0 Å². The van der Waals surface area contributed by atoms with E-state index in [2.05, 4.69) is 32.1 Å². The topological polar surface area (TPSA) is 9.23 Å². The number of allylic oxidation sites excluding steroid dienone is 1. The van der Waals surface area contributed by atoms with E-state index >= 15 is 0 Å². The number of rotatable bonds is 4. The lowest BCUT2D eigenvalue weighted by Crippen LogP contribution is -2.01. The van der Waals surface area contributed by atoms with Crippen LogP contribution >= 0.6 is 0 Å². The van der Waals surface area contributed by atoms with Gasteiger partial charge < -0.3 is 4.74 Å². The van der Waals surface area contributed by atoms with Crippen molar-refractivity contribution in [3.63, 3.8) is 0 Å². The Labute approximate surface area is 86.4 Å². The Morgan fingerprint density at radius 1 is 1.29 bits per heavy atom. The monoisotopic (exact) mass is 190 g/mol. The number of benzene rings is 1. The highest BCUT2D eigenvalue weighted by Gasteiger charge is 2.06. The van der Waals surface area contributed by atoms with Gasteiger partial charge in [-0.2, -0.15) is 0 Å². The molecule has 1 aromatic carbocycles. The summed E-state index contributed by atoms with van der Waals surface area (Å²) >= 11 is 0. The van der Waals surface area contributed by atoms with Crippen LogP contribution in [0.4, 0.5) is 0 Å². The van der Waals surface area contributed by atoms with Gasteiger partial charge in [-0.25, -0.2) is 0 Å². The Balaban J connectivity index is 2.83. The second-order valence-corrected chi connectivity index (χ2v) is 3.53. The van der Waals surface area contributed by atoms with Gasteiger partial charge in [-0.3, -0.25) is 0 Å². The summed E-state index contributed by atoms with van der Waals surface area (Å²) < 4.78 is 5.66. The van der Waals surface area contributed by atoms with Crippen LogP contribution in [0.3, 0.4) is 0 Å². The SMILES string of the molecule is CCOC(C=C(C)C)c1ccccc1. The molecule has 0 N–H and O–H groups in total. The maximum atomic E-state index is 5.66. The molecule has 0 aliphatic carbocycles. The summed E-state index contributed by atoms with van der Waals surface area (Å²) in [7, 11) is 0. The van der Waals surface area contributed by atoms with Gasteiger partial charge in [0.1, 0.15) is 6.10 Å². The molecule has 0 aliphatic rings. The molecule has 0 saturated carbocycles. The fourth-order valence-corrected chi connectivity index (χ4v) is 1.37. The summed E-state index contributed by atoms with van der Waals surface area (Å²) in [5.74, 6) is 0. The summed E-state index contributed by atoms with van der Waals surface area (Å²) in [5.41, 5.74) is 2.50. The zero-order valence-corrected chi connectivity index (χ0v) is 9.16. The first-order valence-electron chi connectivity index (χ1n) is 5.05. The molecule has 1 heteroatoms. The van der Waals surface area contributed by atoms with Gasteiger partial charge in [0.15, 0.2) is 0 Å². The Kier molecular flexibility index (Phi) is 4.41. The molecule has 0 aromatic heterocycles. The van der Waals surface area contributed by atoms with E-state index in [-0.39, 0.29) is 6.10 Å². The molecule has 0 fully saturated rings. The Bertz CT molecular complexity index is 283. The summed E-state index contributed by atoms with van der Waals surface area (Å²) in [5, 5.41) is 0. The first-order valence-corrected chi connectivity index (χ1v) is 5.05. The van der Waals surface area contributed by atoms with Gasteiger partial charge in [-0.05, 0) is 26.3 Å². The molecule has 0 spiro atoms. The Morgan fingerprint density at radius 2 is 1.93 bits per heavy atom. The van der Waals surface area contributed by atoms with E-state index in [9.17, 15) is 0 Å². The number of hydrogen-bond donors (Lipinski definition) is 0. The minimum atomic E-state index is 0.103. The third-order valence-corrected chi connectivity index (χ3v) is 1.96. The molecule has 76 valence electrons. The van der Waals surface area contributed by atoms with Gasteiger partial charge in [0.25, 0.3) is 0 Å². The molecule has 0 amide bonds. The van der Waals surface area contributed by atoms with Crippen molar-refractivity contribution in [2.75, 3.05) is 6.61 Å². The quantitative estimate of drug-likeness (QED) is 0.657. The van der Waals surface area contributed by atoms with E-state index in [1.165, 1.54) is 11.1 Å². The summed E-state index contributed by atoms with van der Waals surface area (Å²) in [4.78, 5) is 0. The molecule has 0 bridgehead atoms. The highest BCUT2D eigenvalue weighted by atomic mass is 16.5. The first kappa shape index (κ1) is 11.0. The van der Waals surface area contributed by atoms with Crippen LogP contribution in [0, 0.1) is 0 Å². The number of ether oxygens (including phenoxy) is 1. The molecule has 0 aliphatic heterocycles. The van der Waals surface area contributed by atoms with Gasteiger partial charge >= 0.3 is 0 Å². The molecule has 1 atom stereocenters. The van der Waals surface area contributed by atoms with Crippen molar-refractivity contribution < 1.29 is 4.74 Å². The van der Waals surface area contributed by atoms with Gasteiger partial charge in [-0.1, -0.05) is 42.0 Å². The average Bonchev–Trinajstić information content (AvgIpc) is 2.18. The smallest absolute Gasteiger partial charge is 0.101 e. The highest BCUT2D eigenvalue weighted by Crippen LogP contribution is 2.19. The standard InChI is InChI=1S/C13H18O/c1-4-14-13(10-11(2)3)12-8-6-5-7-9-12/h5-10,13H,4H2,1-3H3. The molecule has 1 unspecified atom stereocenters. The zero-order valence-electron chi connectivity index (χ0n) is 9.16. The van der Waals surface area contributed by atoms with E-state index in [4.69, 9.17) is 4.74 Å². The van der Waals surface area contributed by atoms with E-state index in [1.54, 1.807) is 0 Å². The van der Waals surface area contributed by atoms with Crippen LogP contribution in [0.5, 0.6) is 0 Å². The molecule has 0 saturated heterocycles. The van der Waals surface area contributed by atoms with Crippen molar-refractivity contribution in [1.29, 1.82) is 0 Å². The summed E-state index contributed by atoms with van der Waals surface area (Å²) in [6.45, 7) is 6.95. The lowest BCUT2D eigenvalue weighted by atomic mass is 10.1. The predicted molar refractivity (Wildman–Crippen MR) is 60.2 cm³/mol. The van der Waals surface area contributed by atoms with Crippen LogP contribution in [-0.2, 0) is 4.74 Å². The van der Waals surface area contributed by atoms with Gasteiger partial charge in [0, 0.05) is 6.61 Å². The van der Waals surface area contributed by atoms with Crippen molar-refractivity contribution in [1.82, 2.24) is 0 Å². The molecule has 14 heavy (non-hydrogen) atoms. The highest BCUT2D eigenvalue weighted by molar-refractivity contribution is 5.22. The molecule has 0 radical (unpaired) electrons. The van der Waals surface area contributed by atoms with Crippen LogP contribution in [-0.4, -0.2) is 6.61 Å². The Morgan fingerprint density at radius 3 is 2.43 bits per heavy atom. The van der Waals surface area contributed by atoms with Crippen LogP contribution in [0.25, 0.3) is 0 Å². The van der Waals surface area contributed by atoms with Crippen LogP contribution < -0.4 is 0 Å². The van der Waals surface area contributed by atoms with Crippen LogP contribution in [0.15, 0.2) is 42.0 Å². The van der Waals surface area contributed by atoms with Gasteiger partial charge in [-0.15, -0.1) is 0 Å². The molecule has 0 heterocycles. The lowest BCUT2D eigenvalue weighted by Gasteiger charge is -2.13. The van der Waals surface area contributed by atoms with Crippen molar-refractivity contribution in [2.24, 2.45) is 0 Å². The molecular weight excluding hydrogens is 172 g/mol. The maximum absolute atomic E-state index is 5.66. The third-order valence-electron chi connectivity index (χ3n) is 1.96. The van der Waals surface area contributed by atoms with Crippen LogP contribution in [0.1, 0.15) is 32.4 Å². The Hall–Kier alpha value is -1.08. The van der Waals surface area contributed by atoms with E-state index in [1.807, 2.05) is 25.1 Å².